The van der Waals surface area contributed by atoms with Gasteiger partial charge < -0.3 is 10.2 Å². The van der Waals surface area contributed by atoms with Gasteiger partial charge in [-0.15, -0.1) is 0 Å². The summed E-state index contributed by atoms with van der Waals surface area (Å²) in [5.74, 6) is 0.608. The molecule has 2 aliphatic rings. The first kappa shape index (κ1) is 16.1. The van der Waals surface area contributed by atoms with E-state index in [2.05, 4.69) is 38.4 Å². The molecule has 4 rings (SSSR count). The number of fused-ring (bicyclic) bond motifs is 1. The van der Waals surface area contributed by atoms with Gasteiger partial charge in [-0.05, 0) is 30.9 Å². The predicted molar refractivity (Wildman–Crippen MR) is 98.1 cm³/mol. The maximum atomic E-state index is 12.5. The lowest BCUT2D eigenvalue weighted by Crippen LogP contribution is -2.34. The number of hydrogen-bond donors (Lipinski definition) is 1. The zero-order valence-electron chi connectivity index (χ0n) is 14.4. The van der Waals surface area contributed by atoms with Crippen LogP contribution in [0.3, 0.4) is 0 Å². The first-order valence-corrected chi connectivity index (χ1v) is 9.29. The molecule has 0 unspecified atom stereocenters. The van der Waals surface area contributed by atoms with Crippen LogP contribution in [0.4, 0.5) is 11.6 Å². The zero-order valence-corrected chi connectivity index (χ0v) is 14.4. The van der Waals surface area contributed by atoms with E-state index < -0.39 is 0 Å². The predicted octanol–water partition coefficient (Wildman–Crippen LogP) is 3.62. The second-order valence-corrected chi connectivity index (χ2v) is 6.96. The third-order valence-electron chi connectivity index (χ3n) is 5.22. The van der Waals surface area contributed by atoms with Gasteiger partial charge in [-0.1, -0.05) is 43.9 Å². The highest BCUT2D eigenvalue weighted by atomic mass is 16.1. The van der Waals surface area contributed by atoms with Gasteiger partial charge in [0.25, 0.3) is 5.91 Å². The van der Waals surface area contributed by atoms with Crippen molar-refractivity contribution < 1.29 is 4.79 Å². The summed E-state index contributed by atoms with van der Waals surface area (Å²) in [6, 6.07) is 8.62. The van der Waals surface area contributed by atoms with E-state index in [1.54, 1.807) is 12.4 Å². The third kappa shape index (κ3) is 3.50. The van der Waals surface area contributed by atoms with E-state index >= 15 is 0 Å². The average Bonchev–Trinajstić information content (AvgIpc) is 2.92. The molecule has 1 amide bonds. The van der Waals surface area contributed by atoms with Crippen LogP contribution in [-0.4, -0.2) is 28.5 Å². The summed E-state index contributed by atoms with van der Waals surface area (Å²) in [6.07, 6.45) is 11.4. The van der Waals surface area contributed by atoms with Crippen LogP contribution in [0.1, 0.15) is 54.4 Å². The number of rotatable bonds is 3. The lowest BCUT2D eigenvalue weighted by atomic mass is 10.1. The highest BCUT2D eigenvalue weighted by Crippen LogP contribution is 2.31. The monoisotopic (exact) mass is 336 g/mol. The Hall–Kier alpha value is -2.43. The smallest absolute Gasteiger partial charge is 0.254 e. The number of hydrogen-bond acceptors (Lipinski definition) is 4. The van der Waals surface area contributed by atoms with Crippen LogP contribution >= 0.6 is 0 Å². The number of anilines is 2. The van der Waals surface area contributed by atoms with E-state index in [1.807, 2.05) is 6.07 Å². The van der Waals surface area contributed by atoms with E-state index in [0.29, 0.717) is 17.6 Å². The van der Waals surface area contributed by atoms with Gasteiger partial charge in [0.1, 0.15) is 0 Å². The zero-order chi connectivity index (χ0) is 17.1. The van der Waals surface area contributed by atoms with Gasteiger partial charge in [0.2, 0.25) is 5.95 Å². The molecule has 130 valence electrons. The molecule has 1 aliphatic carbocycles. The van der Waals surface area contributed by atoms with Gasteiger partial charge in [-0.3, -0.25) is 4.79 Å². The summed E-state index contributed by atoms with van der Waals surface area (Å²) in [7, 11) is 0. The molecular weight excluding hydrogens is 312 g/mol. The maximum Gasteiger partial charge on any atom is 0.254 e. The quantitative estimate of drug-likeness (QED) is 0.870. The SMILES string of the molecule is O=C(NC1CCCCCC1)c1cnc(N2CCc3ccccc32)nc1. The summed E-state index contributed by atoms with van der Waals surface area (Å²) in [4.78, 5) is 23.5. The maximum absolute atomic E-state index is 12.5. The fraction of sp³-hybridized carbons (Fsp3) is 0.450. The number of carbonyl (C=O) groups excluding carboxylic acids is 1. The Morgan fingerprint density at radius 2 is 1.76 bits per heavy atom. The van der Waals surface area contributed by atoms with Gasteiger partial charge in [0.15, 0.2) is 0 Å². The van der Waals surface area contributed by atoms with Crippen LogP contribution < -0.4 is 10.2 Å². The minimum absolute atomic E-state index is 0.0553. The molecule has 1 N–H and O–H groups in total. The number of amides is 1. The van der Waals surface area contributed by atoms with Crippen LogP contribution in [0.5, 0.6) is 0 Å². The van der Waals surface area contributed by atoms with E-state index in [1.165, 1.54) is 31.2 Å². The summed E-state index contributed by atoms with van der Waals surface area (Å²) >= 11 is 0. The van der Waals surface area contributed by atoms with Crippen molar-refractivity contribution >= 4 is 17.5 Å². The van der Waals surface area contributed by atoms with Crippen molar-refractivity contribution in [3.63, 3.8) is 0 Å². The minimum Gasteiger partial charge on any atom is -0.349 e. The van der Waals surface area contributed by atoms with Gasteiger partial charge in [-0.2, -0.15) is 0 Å². The summed E-state index contributed by atoms with van der Waals surface area (Å²) in [5.41, 5.74) is 3.03. The van der Waals surface area contributed by atoms with Crippen LogP contribution in [0, 0.1) is 0 Å². The van der Waals surface area contributed by atoms with Crippen molar-refractivity contribution in [3.05, 3.63) is 47.8 Å². The van der Waals surface area contributed by atoms with Gasteiger partial charge >= 0.3 is 0 Å². The number of carbonyl (C=O) groups is 1. The molecule has 1 fully saturated rings. The largest absolute Gasteiger partial charge is 0.349 e. The molecule has 0 atom stereocenters. The molecule has 5 heteroatoms. The molecule has 1 saturated carbocycles. The van der Waals surface area contributed by atoms with Crippen molar-refractivity contribution in [2.24, 2.45) is 0 Å². The van der Waals surface area contributed by atoms with Gasteiger partial charge in [0.05, 0.1) is 5.56 Å². The third-order valence-corrected chi connectivity index (χ3v) is 5.22. The fourth-order valence-corrected chi connectivity index (χ4v) is 3.82. The molecule has 5 nitrogen and oxygen atoms in total. The molecule has 0 radical (unpaired) electrons. The Labute approximate surface area is 148 Å². The molecule has 2 heterocycles. The van der Waals surface area contributed by atoms with Crippen molar-refractivity contribution in [2.75, 3.05) is 11.4 Å². The fourth-order valence-electron chi connectivity index (χ4n) is 3.82. The molecule has 1 aromatic heterocycles. The molecule has 0 saturated heterocycles. The highest BCUT2D eigenvalue weighted by molar-refractivity contribution is 5.93. The molecule has 25 heavy (non-hydrogen) atoms. The van der Waals surface area contributed by atoms with E-state index in [0.717, 1.165) is 31.5 Å². The average molecular weight is 336 g/mol. The summed E-state index contributed by atoms with van der Waals surface area (Å²) in [5, 5.41) is 3.15. The number of nitrogens with zero attached hydrogens (tertiary/aromatic N) is 3. The topological polar surface area (TPSA) is 58.1 Å². The van der Waals surface area contributed by atoms with E-state index in [4.69, 9.17) is 0 Å². The Kier molecular flexibility index (Phi) is 4.63. The second-order valence-electron chi connectivity index (χ2n) is 6.96. The minimum atomic E-state index is -0.0553. The van der Waals surface area contributed by atoms with E-state index in [-0.39, 0.29) is 5.91 Å². The molecule has 0 spiro atoms. The van der Waals surface area contributed by atoms with Crippen LogP contribution in [0.25, 0.3) is 0 Å². The van der Waals surface area contributed by atoms with Crippen molar-refractivity contribution in [1.82, 2.24) is 15.3 Å². The summed E-state index contributed by atoms with van der Waals surface area (Å²) in [6.45, 7) is 0.882. The second kappa shape index (κ2) is 7.21. The standard InChI is InChI=1S/C20H24N4O/c25-19(23-17-8-3-1-2-4-9-17)16-13-21-20(22-14-16)24-12-11-15-7-5-6-10-18(15)24/h5-7,10,13-14,17H,1-4,8-9,11-12H2,(H,23,25). The normalized spacial score (nSPS) is 17.8. The van der Waals surface area contributed by atoms with Crippen LogP contribution in [0.2, 0.25) is 0 Å². The molecular formula is C20H24N4O. The number of nitrogens with one attached hydrogen (secondary N) is 1. The van der Waals surface area contributed by atoms with Gasteiger partial charge in [-0.25, -0.2) is 9.97 Å². The van der Waals surface area contributed by atoms with Crippen LogP contribution in [-0.2, 0) is 6.42 Å². The lowest BCUT2D eigenvalue weighted by molar-refractivity contribution is 0.0932. The van der Waals surface area contributed by atoms with Crippen molar-refractivity contribution in [3.8, 4) is 0 Å². The molecule has 1 aliphatic heterocycles. The Morgan fingerprint density at radius 1 is 1.04 bits per heavy atom. The van der Waals surface area contributed by atoms with Crippen molar-refractivity contribution in [1.29, 1.82) is 0 Å². The Morgan fingerprint density at radius 3 is 2.52 bits per heavy atom. The summed E-state index contributed by atoms with van der Waals surface area (Å²) < 4.78 is 0. The molecule has 1 aromatic carbocycles. The Balaban J connectivity index is 1.44. The molecule has 2 aromatic rings. The van der Waals surface area contributed by atoms with Crippen LogP contribution in [0.15, 0.2) is 36.7 Å². The first-order valence-electron chi connectivity index (χ1n) is 9.29. The van der Waals surface area contributed by atoms with E-state index in [9.17, 15) is 4.79 Å². The highest BCUT2D eigenvalue weighted by Gasteiger charge is 2.22. The lowest BCUT2D eigenvalue weighted by Gasteiger charge is -2.18. The Bertz CT molecular complexity index is 736. The van der Waals surface area contributed by atoms with Gasteiger partial charge in [0, 0.05) is 30.7 Å². The molecule has 0 bridgehead atoms. The first-order chi connectivity index (χ1) is 12.3. The van der Waals surface area contributed by atoms with Crippen molar-refractivity contribution in [2.45, 2.75) is 51.0 Å². The number of aromatic nitrogens is 2. The number of para-hydroxylation sites is 1. The number of benzene rings is 1.